The monoisotopic (exact) mass is 355 g/mol. The average Bonchev–Trinajstić information content (AvgIpc) is 2.60. The molecule has 0 amide bonds. The van der Waals surface area contributed by atoms with Gasteiger partial charge in [0.2, 0.25) is 0 Å². The largest absolute Gasteiger partial charge is 0.489 e. The quantitative estimate of drug-likeness (QED) is 0.587. The Bertz CT molecular complexity index is 849. The first-order valence-electron chi connectivity index (χ1n) is 8.06. The molecule has 4 heteroatoms. The lowest BCUT2D eigenvalue weighted by molar-refractivity contribution is 0.303. The van der Waals surface area contributed by atoms with Gasteiger partial charge in [-0.1, -0.05) is 41.4 Å². The van der Waals surface area contributed by atoms with E-state index in [1.54, 1.807) is 12.1 Å². The summed E-state index contributed by atoms with van der Waals surface area (Å²) in [5.74, 6) is 0.524. The third-order valence-corrected chi connectivity index (χ3v) is 4.06. The van der Waals surface area contributed by atoms with Crippen molar-refractivity contribution >= 4 is 17.3 Å². The zero-order valence-electron chi connectivity index (χ0n) is 13.9. The molecule has 0 unspecified atom stereocenters. The number of rotatable bonds is 6. The van der Waals surface area contributed by atoms with E-state index in [0.29, 0.717) is 18.2 Å². The predicted molar refractivity (Wildman–Crippen MR) is 101 cm³/mol. The second kappa shape index (κ2) is 8.04. The summed E-state index contributed by atoms with van der Waals surface area (Å²) in [6.45, 7) is 3.09. The van der Waals surface area contributed by atoms with Gasteiger partial charge in [0, 0.05) is 22.8 Å². The van der Waals surface area contributed by atoms with Crippen molar-refractivity contribution in [1.82, 2.24) is 0 Å². The molecule has 0 heterocycles. The van der Waals surface area contributed by atoms with Crippen LogP contribution in [0.15, 0.2) is 66.7 Å². The zero-order chi connectivity index (χ0) is 17.6. The molecular weight excluding hydrogens is 337 g/mol. The molecule has 0 fully saturated rings. The van der Waals surface area contributed by atoms with Crippen molar-refractivity contribution in [2.75, 3.05) is 5.32 Å². The number of halogens is 2. The maximum absolute atomic E-state index is 13.0. The van der Waals surface area contributed by atoms with Gasteiger partial charge in [0.25, 0.3) is 0 Å². The van der Waals surface area contributed by atoms with Crippen LogP contribution in [0.25, 0.3) is 0 Å². The molecule has 0 radical (unpaired) electrons. The minimum atomic E-state index is -0.254. The number of aryl methyl sites for hydroxylation is 1. The normalized spacial score (nSPS) is 10.5. The van der Waals surface area contributed by atoms with Crippen LogP contribution >= 0.6 is 11.6 Å². The maximum Gasteiger partial charge on any atom is 0.124 e. The summed E-state index contributed by atoms with van der Waals surface area (Å²) in [6.07, 6.45) is 0. The zero-order valence-corrected chi connectivity index (χ0v) is 14.7. The van der Waals surface area contributed by atoms with E-state index in [1.807, 2.05) is 30.3 Å². The highest BCUT2D eigenvalue weighted by atomic mass is 35.5. The summed E-state index contributed by atoms with van der Waals surface area (Å²) in [6, 6.07) is 20.0. The van der Waals surface area contributed by atoms with Crippen LogP contribution < -0.4 is 10.1 Å². The summed E-state index contributed by atoms with van der Waals surface area (Å²) in [5.41, 5.74) is 4.11. The van der Waals surface area contributed by atoms with Crippen molar-refractivity contribution < 1.29 is 9.13 Å². The molecule has 0 spiro atoms. The van der Waals surface area contributed by atoms with Gasteiger partial charge in [-0.25, -0.2) is 4.39 Å². The molecule has 3 aromatic rings. The van der Waals surface area contributed by atoms with Crippen LogP contribution in [0.2, 0.25) is 5.02 Å². The molecule has 0 aliphatic heterocycles. The van der Waals surface area contributed by atoms with E-state index in [4.69, 9.17) is 16.3 Å². The number of ether oxygens (including phenoxy) is 1. The van der Waals surface area contributed by atoms with Crippen LogP contribution in [0.1, 0.15) is 16.7 Å². The molecule has 25 heavy (non-hydrogen) atoms. The highest BCUT2D eigenvalue weighted by molar-refractivity contribution is 6.30. The van der Waals surface area contributed by atoms with Crippen molar-refractivity contribution in [3.8, 4) is 5.75 Å². The molecule has 0 saturated heterocycles. The molecule has 1 N–H and O–H groups in total. The Labute approximate surface area is 152 Å². The highest BCUT2D eigenvalue weighted by Gasteiger charge is 2.06. The fraction of sp³-hybridized carbons (Fsp3) is 0.143. The molecule has 0 atom stereocenters. The minimum absolute atomic E-state index is 0.254. The van der Waals surface area contributed by atoms with Crippen molar-refractivity contribution in [3.63, 3.8) is 0 Å². The van der Waals surface area contributed by atoms with Gasteiger partial charge >= 0.3 is 0 Å². The third-order valence-electron chi connectivity index (χ3n) is 3.83. The van der Waals surface area contributed by atoms with E-state index in [-0.39, 0.29) is 5.82 Å². The molecule has 0 aliphatic rings. The van der Waals surface area contributed by atoms with Gasteiger partial charge in [-0.05, 0) is 55.0 Å². The van der Waals surface area contributed by atoms with E-state index in [0.717, 1.165) is 22.6 Å². The first-order chi connectivity index (χ1) is 12.1. The molecule has 3 rings (SSSR count). The molecule has 0 bridgehead atoms. The van der Waals surface area contributed by atoms with Gasteiger partial charge in [0.05, 0.1) is 0 Å². The number of hydrogen-bond donors (Lipinski definition) is 1. The summed E-state index contributed by atoms with van der Waals surface area (Å²) < 4.78 is 19.0. The Hall–Kier alpha value is -2.52. The van der Waals surface area contributed by atoms with Gasteiger partial charge in [-0.3, -0.25) is 0 Å². The Kier molecular flexibility index (Phi) is 5.56. The van der Waals surface area contributed by atoms with Crippen LogP contribution in [0, 0.1) is 12.7 Å². The summed E-state index contributed by atoms with van der Waals surface area (Å²) >= 11 is 6.12. The summed E-state index contributed by atoms with van der Waals surface area (Å²) in [7, 11) is 0. The lowest BCUT2D eigenvalue weighted by Crippen LogP contribution is -2.04. The summed E-state index contributed by atoms with van der Waals surface area (Å²) in [5, 5.41) is 3.91. The minimum Gasteiger partial charge on any atom is -0.489 e. The fourth-order valence-electron chi connectivity index (χ4n) is 2.56. The number of nitrogens with one attached hydrogen (secondary N) is 1. The maximum atomic E-state index is 13.0. The first-order valence-corrected chi connectivity index (χ1v) is 8.44. The van der Waals surface area contributed by atoms with E-state index in [9.17, 15) is 4.39 Å². The molecule has 3 aromatic carbocycles. The van der Waals surface area contributed by atoms with E-state index < -0.39 is 0 Å². The Morgan fingerprint density at radius 1 is 1.00 bits per heavy atom. The smallest absolute Gasteiger partial charge is 0.124 e. The predicted octanol–water partition coefficient (Wildman–Crippen LogP) is 5.98. The average molecular weight is 356 g/mol. The lowest BCUT2D eigenvalue weighted by atomic mass is 10.1. The van der Waals surface area contributed by atoms with Crippen LogP contribution in [-0.2, 0) is 13.2 Å². The Balaban J connectivity index is 1.70. The van der Waals surface area contributed by atoms with Crippen molar-refractivity contribution in [1.29, 1.82) is 0 Å². The van der Waals surface area contributed by atoms with Gasteiger partial charge in [-0.15, -0.1) is 0 Å². The van der Waals surface area contributed by atoms with Gasteiger partial charge < -0.3 is 10.1 Å². The molecule has 0 saturated carbocycles. The van der Waals surface area contributed by atoms with Gasteiger partial charge in [0.15, 0.2) is 0 Å². The molecular formula is C21H19ClFNO. The second-order valence-electron chi connectivity index (χ2n) is 5.89. The third kappa shape index (κ3) is 4.97. The first kappa shape index (κ1) is 17.3. The Morgan fingerprint density at radius 2 is 1.80 bits per heavy atom. The van der Waals surface area contributed by atoms with Crippen LogP contribution in [0.5, 0.6) is 5.75 Å². The number of benzene rings is 3. The molecule has 2 nitrogen and oxygen atoms in total. The SMILES string of the molecule is Cc1cccc(COc2ccc(Cl)cc2CNc2ccc(F)cc2)c1. The Morgan fingerprint density at radius 3 is 2.56 bits per heavy atom. The standard InChI is InChI=1S/C21H19ClFNO/c1-15-3-2-4-16(11-15)14-25-21-10-5-18(22)12-17(21)13-24-20-8-6-19(23)7-9-20/h2-12,24H,13-14H2,1H3. The van der Waals surface area contributed by atoms with E-state index >= 15 is 0 Å². The van der Waals surface area contributed by atoms with Crippen molar-refractivity contribution in [2.45, 2.75) is 20.1 Å². The molecule has 0 aliphatic carbocycles. The highest BCUT2D eigenvalue weighted by Crippen LogP contribution is 2.25. The van der Waals surface area contributed by atoms with Crippen LogP contribution in [0.3, 0.4) is 0 Å². The van der Waals surface area contributed by atoms with Crippen LogP contribution in [-0.4, -0.2) is 0 Å². The van der Waals surface area contributed by atoms with E-state index in [1.165, 1.54) is 17.7 Å². The van der Waals surface area contributed by atoms with Crippen LogP contribution in [0.4, 0.5) is 10.1 Å². The van der Waals surface area contributed by atoms with Crippen molar-refractivity contribution in [2.24, 2.45) is 0 Å². The number of hydrogen-bond acceptors (Lipinski definition) is 2. The van der Waals surface area contributed by atoms with E-state index in [2.05, 4.69) is 24.4 Å². The topological polar surface area (TPSA) is 21.3 Å². The fourth-order valence-corrected chi connectivity index (χ4v) is 2.75. The lowest BCUT2D eigenvalue weighted by Gasteiger charge is -2.14. The summed E-state index contributed by atoms with van der Waals surface area (Å²) in [4.78, 5) is 0. The van der Waals surface area contributed by atoms with Gasteiger partial charge in [-0.2, -0.15) is 0 Å². The van der Waals surface area contributed by atoms with Crippen molar-refractivity contribution in [3.05, 3.63) is 94.3 Å². The molecule has 128 valence electrons. The van der Waals surface area contributed by atoms with Gasteiger partial charge in [0.1, 0.15) is 18.2 Å². The number of anilines is 1. The second-order valence-corrected chi connectivity index (χ2v) is 6.33. The molecule has 0 aromatic heterocycles.